The molecule has 4 nitrogen and oxygen atoms in total. The zero-order valence-electron chi connectivity index (χ0n) is 11.8. The first kappa shape index (κ1) is 14.5. The highest BCUT2D eigenvalue weighted by Crippen LogP contribution is 2.19. The molecule has 0 atom stereocenters. The Balaban J connectivity index is 2.04. The van der Waals surface area contributed by atoms with Crippen molar-refractivity contribution in [3.63, 3.8) is 0 Å². The number of H-pyrrole nitrogens is 1. The second-order valence-electron chi connectivity index (χ2n) is 4.96. The van der Waals surface area contributed by atoms with Gasteiger partial charge in [0.1, 0.15) is 5.56 Å². The number of amides is 1. The topological polar surface area (TPSA) is 62.0 Å². The third-order valence-corrected chi connectivity index (χ3v) is 4.04. The van der Waals surface area contributed by atoms with E-state index in [0.717, 1.165) is 15.4 Å². The largest absolute Gasteiger partial charge is 0.322 e. The van der Waals surface area contributed by atoms with E-state index in [9.17, 15) is 9.59 Å². The summed E-state index contributed by atoms with van der Waals surface area (Å²) in [5.41, 5.74) is 1.80. The number of aryl methyl sites for hydroxylation is 1. The van der Waals surface area contributed by atoms with E-state index >= 15 is 0 Å². The van der Waals surface area contributed by atoms with E-state index in [4.69, 9.17) is 0 Å². The molecule has 0 radical (unpaired) electrons. The van der Waals surface area contributed by atoms with Gasteiger partial charge in [0.25, 0.3) is 11.5 Å². The van der Waals surface area contributed by atoms with Crippen LogP contribution in [0.4, 0.5) is 5.69 Å². The minimum absolute atomic E-state index is 0.140. The third kappa shape index (κ3) is 2.67. The zero-order valence-corrected chi connectivity index (χ0v) is 13.4. The van der Waals surface area contributed by atoms with E-state index in [0.29, 0.717) is 11.3 Å². The summed E-state index contributed by atoms with van der Waals surface area (Å²) >= 11 is 3.34. The number of benzene rings is 2. The highest BCUT2D eigenvalue weighted by Gasteiger charge is 2.16. The van der Waals surface area contributed by atoms with Crippen molar-refractivity contribution in [2.24, 2.45) is 0 Å². The van der Waals surface area contributed by atoms with Crippen LogP contribution in [-0.2, 0) is 0 Å². The highest BCUT2D eigenvalue weighted by molar-refractivity contribution is 9.10. The fraction of sp³-hybridized carbons (Fsp3) is 0.0588. The van der Waals surface area contributed by atoms with Gasteiger partial charge in [0.05, 0.1) is 0 Å². The Labute approximate surface area is 135 Å². The van der Waals surface area contributed by atoms with Crippen molar-refractivity contribution in [3.8, 4) is 0 Å². The molecule has 3 aromatic rings. The van der Waals surface area contributed by atoms with E-state index < -0.39 is 5.91 Å². The Morgan fingerprint density at radius 3 is 2.50 bits per heavy atom. The highest BCUT2D eigenvalue weighted by atomic mass is 79.9. The molecule has 3 rings (SSSR count). The van der Waals surface area contributed by atoms with E-state index in [1.165, 1.54) is 0 Å². The van der Waals surface area contributed by atoms with Crippen molar-refractivity contribution in [1.29, 1.82) is 0 Å². The van der Waals surface area contributed by atoms with Crippen molar-refractivity contribution < 1.29 is 4.79 Å². The molecule has 0 spiro atoms. The molecule has 5 heteroatoms. The summed E-state index contributed by atoms with van der Waals surface area (Å²) in [5.74, 6) is -0.410. The van der Waals surface area contributed by atoms with Crippen LogP contribution < -0.4 is 10.9 Å². The molecule has 0 aliphatic heterocycles. The van der Waals surface area contributed by atoms with Gasteiger partial charge in [-0.05, 0) is 42.8 Å². The number of fused-ring (bicyclic) bond motifs is 1. The average Bonchev–Trinajstić information content (AvgIpc) is 2.49. The molecule has 2 aromatic carbocycles. The van der Waals surface area contributed by atoms with Gasteiger partial charge in [-0.15, -0.1) is 0 Å². The van der Waals surface area contributed by atoms with Crippen LogP contribution in [0.15, 0.2) is 57.8 Å². The summed E-state index contributed by atoms with van der Waals surface area (Å²) in [6, 6.07) is 14.6. The van der Waals surface area contributed by atoms with E-state index in [2.05, 4.69) is 26.2 Å². The summed E-state index contributed by atoms with van der Waals surface area (Å²) in [5, 5.41) is 3.62. The van der Waals surface area contributed by atoms with Crippen LogP contribution in [0.2, 0.25) is 0 Å². The maximum atomic E-state index is 12.4. The van der Waals surface area contributed by atoms with Gasteiger partial charge in [-0.1, -0.05) is 34.1 Å². The fourth-order valence-electron chi connectivity index (χ4n) is 2.41. The molecule has 1 heterocycles. The Morgan fingerprint density at radius 1 is 1.09 bits per heavy atom. The molecule has 0 bridgehead atoms. The fourth-order valence-corrected chi connectivity index (χ4v) is 2.67. The van der Waals surface area contributed by atoms with Crippen molar-refractivity contribution in [2.75, 3.05) is 5.32 Å². The standard InChI is InChI=1S/C17H13BrN2O2/c1-10-13-4-2-3-5-14(13)20-17(22)15(10)16(21)19-12-8-6-11(18)7-9-12/h2-9H,1H3,(H,19,21)(H,20,22). The second-order valence-corrected chi connectivity index (χ2v) is 5.88. The lowest BCUT2D eigenvalue weighted by atomic mass is 10.0. The predicted octanol–water partition coefficient (Wildman–Crippen LogP) is 3.85. The minimum atomic E-state index is -0.410. The van der Waals surface area contributed by atoms with Gasteiger partial charge in [0, 0.05) is 21.1 Å². The first-order valence-corrected chi connectivity index (χ1v) is 7.54. The second kappa shape index (κ2) is 5.77. The molecule has 0 unspecified atom stereocenters. The molecule has 0 aliphatic carbocycles. The van der Waals surface area contributed by atoms with Gasteiger partial charge >= 0.3 is 0 Å². The molecule has 1 aromatic heterocycles. The monoisotopic (exact) mass is 356 g/mol. The summed E-state index contributed by atoms with van der Waals surface area (Å²) in [7, 11) is 0. The van der Waals surface area contributed by atoms with E-state index in [-0.39, 0.29) is 11.1 Å². The third-order valence-electron chi connectivity index (χ3n) is 3.51. The van der Waals surface area contributed by atoms with Crippen molar-refractivity contribution >= 4 is 38.4 Å². The van der Waals surface area contributed by atoms with Crippen LogP contribution in [0.3, 0.4) is 0 Å². The summed E-state index contributed by atoms with van der Waals surface area (Å²) in [4.78, 5) is 27.4. The molecule has 0 saturated carbocycles. The Bertz CT molecular complexity index is 914. The van der Waals surface area contributed by atoms with E-state index in [1.807, 2.05) is 36.4 Å². The van der Waals surface area contributed by atoms with Crippen LogP contribution in [-0.4, -0.2) is 10.9 Å². The molecular formula is C17H13BrN2O2. The van der Waals surface area contributed by atoms with E-state index in [1.54, 1.807) is 19.1 Å². The SMILES string of the molecule is Cc1c(C(=O)Nc2ccc(Br)cc2)c(=O)[nH]c2ccccc12. The summed E-state index contributed by atoms with van der Waals surface area (Å²) in [6.45, 7) is 1.79. The number of pyridine rings is 1. The molecule has 1 amide bonds. The van der Waals surface area contributed by atoms with Crippen LogP contribution in [0, 0.1) is 6.92 Å². The number of carbonyl (C=O) groups excluding carboxylic acids is 1. The number of anilines is 1. The van der Waals surface area contributed by atoms with Crippen molar-refractivity contribution in [2.45, 2.75) is 6.92 Å². The number of aromatic nitrogens is 1. The van der Waals surface area contributed by atoms with Gasteiger partial charge in [-0.25, -0.2) is 0 Å². The summed E-state index contributed by atoms with van der Waals surface area (Å²) in [6.07, 6.45) is 0. The first-order valence-electron chi connectivity index (χ1n) is 6.75. The number of hydrogen-bond donors (Lipinski definition) is 2. The molecule has 110 valence electrons. The van der Waals surface area contributed by atoms with Crippen LogP contribution >= 0.6 is 15.9 Å². The Hall–Kier alpha value is -2.40. The Kier molecular flexibility index (Phi) is 3.81. The zero-order chi connectivity index (χ0) is 15.7. The lowest BCUT2D eigenvalue weighted by Crippen LogP contribution is -2.25. The first-order chi connectivity index (χ1) is 10.6. The molecular weight excluding hydrogens is 344 g/mol. The number of para-hydroxylation sites is 1. The van der Waals surface area contributed by atoms with Crippen LogP contribution in [0.1, 0.15) is 15.9 Å². The van der Waals surface area contributed by atoms with Gasteiger partial charge in [0.2, 0.25) is 0 Å². The van der Waals surface area contributed by atoms with Crippen LogP contribution in [0.5, 0.6) is 0 Å². The number of aromatic amines is 1. The number of halogens is 1. The maximum absolute atomic E-state index is 12.4. The van der Waals surface area contributed by atoms with Gasteiger partial charge in [-0.3, -0.25) is 9.59 Å². The van der Waals surface area contributed by atoms with Crippen LogP contribution in [0.25, 0.3) is 10.9 Å². The maximum Gasteiger partial charge on any atom is 0.261 e. The Morgan fingerprint density at radius 2 is 1.77 bits per heavy atom. The molecule has 0 aliphatic rings. The average molecular weight is 357 g/mol. The van der Waals surface area contributed by atoms with Gasteiger partial charge in [0.15, 0.2) is 0 Å². The van der Waals surface area contributed by atoms with Gasteiger partial charge in [-0.2, -0.15) is 0 Å². The number of carbonyl (C=O) groups is 1. The molecule has 0 fully saturated rings. The number of hydrogen-bond acceptors (Lipinski definition) is 2. The predicted molar refractivity (Wildman–Crippen MR) is 91.4 cm³/mol. The van der Waals surface area contributed by atoms with Crippen molar-refractivity contribution in [3.05, 3.63) is 74.5 Å². The molecule has 22 heavy (non-hydrogen) atoms. The smallest absolute Gasteiger partial charge is 0.261 e. The minimum Gasteiger partial charge on any atom is -0.322 e. The quantitative estimate of drug-likeness (QED) is 0.732. The number of nitrogens with one attached hydrogen (secondary N) is 2. The molecule has 2 N–H and O–H groups in total. The molecule has 0 saturated heterocycles. The normalized spacial score (nSPS) is 10.6. The lowest BCUT2D eigenvalue weighted by Gasteiger charge is -2.09. The number of rotatable bonds is 2. The lowest BCUT2D eigenvalue weighted by molar-refractivity contribution is 0.102. The van der Waals surface area contributed by atoms with Crippen molar-refractivity contribution in [1.82, 2.24) is 4.98 Å². The van der Waals surface area contributed by atoms with Gasteiger partial charge < -0.3 is 10.3 Å². The summed E-state index contributed by atoms with van der Waals surface area (Å²) < 4.78 is 0.922.